The number of aliphatic carboxylic acids is 1. The van der Waals surface area contributed by atoms with E-state index in [0.717, 1.165) is 18.3 Å². The van der Waals surface area contributed by atoms with Gasteiger partial charge in [0.1, 0.15) is 17.4 Å². The van der Waals surface area contributed by atoms with Crippen molar-refractivity contribution in [3.05, 3.63) is 77.5 Å². The molecule has 0 bridgehead atoms. The number of nitrogens with two attached hydrogens (primary N) is 1. The van der Waals surface area contributed by atoms with Gasteiger partial charge in [0.05, 0.1) is 15.4 Å². The Kier molecular flexibility index (Phi) is 6.89. The van der Waals surface area contributed by atoms with Crippen LogP contribution in [0.4, 0.5) is 26.3 Å². The van der Waals surface area contributed by atoms with Crippen LogP contribution in [0.1, 0.15) is 16.7 Å². The van der Waals surface area contributed by atoms with Gasteiger partial charge in [-0.05, 0) is 47.9 Å². The van der Waals surface area contributed by atoms with Crippen molar-refractivity contribution in [2.45, 2.75) is 34.6 Å². The molecule has 39 heavy (non-hydrogen) atoms. The molecular weight excluding hydrogens is 554 g/mol. The number of hydrogen-bond acceptors (Lipinski definition) is 5. The number of aromatic hydroxyl groups is 1. The van der Waals surface area contributed by atoms with E-state index in [1.807, 2.05) is 0 Å². The number of sulfone groups is 1. The number of hydrogen-bond donors (Lipinski definition) is 4. The van der Waals surface area contributed by atoms with Gasteiger partial charge in [-0.3, -0.25) is 4.79 Å². The van der Waals surface area contributed by atoms with Crippen LogP contribution in [0.15, 0.2) is 70.6 Å². The normalized spacial score (nSPS) is 13.5. The first kappa shape index (κ1) is 28.0. The molecule has 0 amide bonds. The molecule has 14 heteroatoms. The molecule has 0 aliphatic heterocycles. The number of carboxylic acid groups (broad SMARTS) is 1. The van der Waals surface area contributed by atoms with Crippen LogP contribution in [-0.2, 0) is 33.4 Å². The number of carbonyl (C=O) groups is 1. The lowest BCUT2D eigenvalue weighted by molar-refractivity contribution is -0.145. The molecular formula is C25H18F6N2O5S. The van der Waals surface area contributed by atoms with Crippen molar-refractivity contribution < 1.29 is 49.8 Å². The maximum atomic E-state index is 14.2. The number of phenols is 1. The predicted molar refractivity (Wildman–Crippen MR) is 127 cm³/mol. The smallest absolute Gasteiger partial charge is 0.420 e. The minimum atomic E-state index is -5.53. The van der Waals surface area contributed by atoms with Gasteiger partial charge in [-0.25, -0.2) is 8.42 Å². The summed E-state index contributed by atoms with van der Waals surface area (Å²) in [6, 6.07) is 8.73. The molecule has 1 aromatic heterocycles. The van der Waals surface area contributed by atoms with Crippen LogP contribution < -0.4 is 5.73 Å². The predicted octanol–water partition coefficient (Wildman–Crippen LogP) is 5.37. The van der Waals surface area contributed by atoms with E-state index in [-0.39, 0.29) is 26.8 Å². The van der Waals surface area contributed by atoms with E-state index in [4.69, 9.17) is 5.73 Å². The van der Waals surface area contributed by atoms with Crippen molar-refractivity contribution in [3.8, 4) is 16.9 Å². The summed E-state index contributed by atoms with van der Waals surface area (Å²) in [6.07, 6.45) is -10.8. The molecule has 0 spiro atoms. The van der Waals surface area contributed by atoms with Gasteiger partial charge in [0.25, 0.3) is 0 Å². The maximum Gasteiger partial charge on any atom is 0.420 e. The average molecular weight is 572 g/mol. The van der Waals surface area contributed by atoms with E-state index < -0.39 is 74.2 Å². The monoisotopic (exact) mass is 572 g/mol. The first-order valence-electron chi connectivity index (χ1n) is 11.0. The van der Waals surface area contributed by atoms with Crippen LogP contribution in [-0.4, -0.2) is 35.6 Å². The molecule has 0 saturated heterocycles. The highest BCUT2D eigenvalue weighted by Crippen LogP contribution is 2.50. The number of nitrogens with one attached hydrogen (secondary N) is 1. The summed E-state index contributed by atoms with van der Waals surface area (Å²) in [5.41, 5.74) is -0.587. The highest BCUT2D eigenvalue weighted by Gasteiger charge is 2.45. The Morgan fingerprint density at radius 2 is 1.62 bits per heavy atom. The second-order valence-electron chi connectivity index (χ2n) is 8.56. The molecule has 206 valence electrons. The lowest BCUT2D eigenvalue weighted by atomic mass is 9.87. The molecule has 7 nitrogen and oxygen atoms in total. The van der Waals surface area contributed by atoms with E-state index >= 15 is 0 Å². The summed E-state index contributed by atoms with van der Waals surface area (Å²) in [4.78, 5) is 13.6. The van der Waals surface area contributed by atoms with Gasteiger partial charge in [0.15, 0.2) is 0 Å². The lowest BCUT2D eigenvalue weighted by Gasteiger charge is -2.23. The van der Waals surface area contributed by atoms with Crippen LogP contribution >= 0.6 is 0 Å². The Morgan fingerprint density at radius 1 is 0.974 bits per heavy atom. The molecule has 0 unspecified atom stereocenters. The van der Waals surface area contributed by atoms with E-state index in [0.29, 0.717) is 0 Å². The van der Waals surface area contributed by atoms with Crippen LogP contribution in [0.2, 0.25) is 0 Å². The van der Waals surface area contributed by atoms with Crippen LogP contribution in [0.25, 0.3) is 22.0 Å². The van der Waals surface area contributed by atoms with Crippen molar-refractivity contribution in [1.29, 1.82) is 0 Å². The zero-order valence-electron chi connectivity index (χ0n) is 19.4. The molecule has 0 aliphatic carbocycles. The zero-order valence-corrected chi connectivity index (χ0v) is 20.2. The van der Waals surface area contributed by atoms with Gasteiger partial charge < -0.3 is 20.9 Å². The van der Waals surface area contributed by atoms with Crippen molar-refractivity contribution >= 4 is 26.7 Å². The quantitative estimate of drug-likeness (QED) is 0.230. The number of aromatic nitrogens is 1. The van der Waals surface area contributed by atoms with Gasteiger partial charge >= 0.3 is 18.3 Å². The van der Waals surface area contributed by atoms with Crippen molar-refractivity contribution in [2.75, 3.05) is 0 Å². The van der Waals surface area contributed by atoms with Gasteiger partial charge in [-0.1, -0.05) is 24.3 Å². The van der Waals surface area contributed by atoms with Gasteiger partial charge in [0.2, 0.25) is 9.84 Å². The second-order valence-corrected chi connectivity index (χ2v) is 10.5. The average Bonchev–Trinajstić information content (AvgIpc) is 3.27. The summed E-state index contributed by atoms with van der Waals surface area (Å²) >= 11 is 0. The van der Waals surface area contributed by atoms with Gasteiger partial charge in [0, 0.05) is 22.7 Å². The molecule has 5 N–H and O–H groups in total. The summed E-state index contributed by atoms with van der Waals surface area (Å²) in [5.74, 6) is -3.79. The van der Waals surface area contributed by atoms with Crippen LogP contribution in [0.3, 0.4) is 0 Å². The Morgan fingerprint density at radius 3 is 2.18 bits per heavy atom. The Labute approximate surface area is 216 Å². The number of benzene rings is 3. The third-order valence-corrected chi connectivity index (χ3v) is 7.81. The number of alkyl halides is 6. The topological polar surface area (TPSA) is 133 Å². The van der Waals surface area contributed by atoms with Crippen molar-refractivity contribution in [2.24, 2.45) is 5.73 Å². The Hall–Kier alpha value is -4.04. The number of H-pyrrole nitrogens is 1. The molecule has 0 aliphatic rings. The summed E-state index contributed by atoms with van der Waals surface area (Å²) in [6.45, 7) is 0. The summed E-state index contributed by atoms with van der Waals surface area (Å²) in [5, 5.41) is 19.3. The molecule has 1 atom stereocenters. The van der Waals surface area contributed by atoms with E-state index in [1.165, 1.54) is 30.3 Å². The molecule has 0 radical (unpaired) electrons. The van der Waals surface area contributed by atoms with Crippen LogP contribution in [0, 0.1) is 0 Å². The molecule has 0 saturated carbocycles. The van der Waals surface area contributed by atoms with E-state index in [9.17, 15) is 49.8 Å². The fourth-order valence-electron chi connectivity index (χ4n) is 4.23. The minimum Gasteiger partial charge on any atom is -0.507 e. The third kappa shape index (κ3) is 5.16. The third-order valence-electron chi connectivity index (χ3n) is 6.00. The second kappa shape index (κ2) is 9.61. The van der Waals surface area contributed by atoms with Crippen LogP contribution in [0.5, 0.6) is 5.75 Å². The zero-order chi connectivity index (χ0) is 28.9. The first-order valence-corrected chi connectivity index (χ1v) is 12.4. The number of carboxylic acids is 1. The molecule has 4 aromatic rings. The highest BCUT2D eigenvalue weighted by molar-refractivity contribution is 7.91. The van der Waals surface area contributed by atoms with E-state index in [2.05, 4.69) is 4.98 Å². The number of halogens is 6. The SMILES string of the molecule is N[C@@H](Cc1cc(C(F)(F)F)c(O)c(C(F)(F)F)c1-c1ccc2[nH]cc(S(=O)(=O)c3ccccc3)c2c1)C(=O)O. The molecule has 1 heterocycles. The molecule has 0 fully saturated rings. The Bertz CT molecular complexity index is 1680. The molecule has 3 aromatic carbocycles. The van der Waals surface area contributed by atoms with Crippen molar-refractivity contribution in [3.63, 3.8) is 0 Å². The number of phenolic OH excluding ortho intramolecular Hbond substituents is 1. The lowest BCUT2D eigenvalue weighted by Crippen LogP contribution is -2.32. The fraction of sp³-hybridized carbons (Fsp3) is 0.160. The number of fused-ring (bicyclic) bond motifs is 1. The van der Waals surface area contributed by atoms with Crippen molar-refractivity contribution in [1.82, 2.24) is 4.98 Å². The maximum absolute atomic E-state index is 14.2. The standard InChI is InChI=1S/C25H18F6N2O5S/c26-24(27,28)16-9-13(10-17(32)23(35)36)20(21(22(16)34)25(29,30)31)12-6-7-18-15(8-12)19(11-33-18)39(37,38)14-4-2-1-3-5-14/h1-9,11,17,33-34H,10,32H2,(H,35,36)/t17-/m0/s1. The summed E-state index contributed by atoms with van der Waals surface area (Å²) in [7, 11) is -4.18. The fourth-order valence-corrected chi connectivity index (χ4v) is 5.68. The number of aromatic amines is 1. The van der Waals surface area contributed by atoms with Gasteiger partial charge in [-0.15, -0.1) is 0 Å². The number of rotatable bonds is 6. The summed E-state index contributed by atoms with van der Waals surface area (Å²) < 4.78 is 110. The largest absolute Gasteiger partial charge is 0.507 e. The first-order chi connectivity index (χ1) is 18.0. The Balaban J connectivity index is 2.07. The molecule has 4 rings (SSSR count). The highest BCUT2D eigenvalue weighted by atomic mass is 32.2. The minimum absolute atomic E-state index is 0.0858. The van der Waals surface area contributed by atoms with Gasteiger partial charge in [-0.2, -0.15) is 26.3 Å². The van der Waals surface area contributed by atoms with E-state index in [1.54, 1.807) is 6.07 Å².